The minimum atomic E-state index is -4.68. The second-order valence-electron chi connectivity index (χ2n) is 4.87. The maximum absolute atomic E-state index is 13.2. The molecule has 6 heteroatoms. The van der Waals surface area contributed by atoms with Crippen LogP contribution >= 0.6 is 0 Å². The van der Waals surface area contributed by atoms with Crippen molar-refractivity contribution in [1.29, 1.82) is 0 Å². The zero-order chi connectivity index (χ0) is 16.3. The lowest BCUT2D eigenvalue weighted by atomic mass is 10.1. The van der Waals surface area contributed by atoms with Gasteiger partial charge in [0, 0.05) is 5.56 Å². The highest BCUT2D eigenvalue weighted by Crippen LogP contribution is 2.33. The number of carbonyl (C=O) groups excluding carboxylic acids is 1. The van der Waals surface area contributed by atoms with E-state index in [-0.39, 0.29) is 11.1 Å². The molecule has 0 saturated carbocycles. The Morgan fingerprint density at radius 3 is 2.27 bits per heavy atom. The molecule has 0 fully saturated rings. The minimum absolute atomic E-state index is 0.136. The van der Waals surface area contributed by atoms with Gasteiger partial charge in [-0.2, -0.15) is 13.2 Å². The standard InChI is InChI=1S/C16H13F4NO/c1-10-3-2-4-12(9-10)15(22)21-14(16(18,19)20)11-5-7-13(17)8-6-11/h2-9,14H,1H3,(H,21,22). The highest BCUT2D eigenvalue weighted by molar-refractivity contribution is 5.94. The number of carbonyl (C=O) groups is 1. The van der Waals surface area contributed by atoms with Crippen LogP contribution in [0.3, 0.4) is 0 Å². The van der Waals surface area contributed by atoms with Gasteiger partial charge in [0.05, 0.1) is 0 Å². The summed E-state index contributed by atoms with van der Waals surface area (Å²) in [6, 6.07) is 7.91. The number of rotatable bonds is 3. The Morgan fingerprint density at radius 1 is 1.09 bits per heavy atom. The Morgan fingerprint density at radius 2 is 1.73 bits per heavy atom. The molecule has 0 aliphatic rings. The Bertz CT molecular complexity index is 665. The topological polar surface area (TPSA) is 29.1 Å². The second kappa shape index (κ2) is 6.17. The van der Waals surface area contributed by atoms with E-state index in [4.69, 9.17) is 0 Å². The molecule has 0 aromatic heterocycles. The molecule has 116 valence electrons. The molecule has 0 spiro atoms. The molecule has 2 nitrogen and oxygen atoms in total. The SMILES string of the molecule is Cc1cccc(C(=O)NC(c2ccc(F)cc2)C(F)(F)F)c1. The first kappa shape index (κ1) is 16.0. The molecule has 2 rings (SSSR count). The first-order valence-corrected chi connectivity index (χ1v) is 6.47. The number of hydrogen-bond acceptors (Lipinski definition) is 1. The fourth-order valence-electron chi connectivity index (χ4n) is 2.01. The van der Waals surface area contributed by atoms with Crippen molar-refractivity contribution in [1.82, 2.24) is 5.32 Å². The van der Waals surface area contributed by atoms with Gasteiger partial charge in [0.2, 0.25) is 0 Å². The molecule has 0 aliphatic heterocycles. The minimum Gasteiger partial charge on any atom is -0.337 e. The van der Waals surface area contributed by atoms with Crippen LogP contribution in [0, 0.1) is 12.7 Å². The van der Waals surface area contributed by atoms with Crippen molar-refractivity contribution in [2.45, 2.75) is 19.1 Å². The number of halogens is 4. The summed E-state index contributed by atoms with van der Waals surface area (Å²) in [6.07, 6.45) is -4.68. The lowest BCUT2D eigenvalue weighted by Gasteiger charge is -2.22. The predicted molar refractivity (Wildman–Crippen MR) is 73.8 cm³/mol. The van der Waals surface area contributed by atoms with Crippen molar-refractivity contribution >= 4 is 5.91 Å². The van der Waals surface area contributed by atoms with Gasteiger partial charge in [-0.05, 0) is 36.8 Å². The predicted octanol–water partition coefficient (Wildman–Crippen LogP) is 4.17. The van der Waals surface area contributed by atoms with Gasteiger partial charge in [-0.1, -0.05) is 29.8 Å². The monoisotopic (exact) mass is 311 g/mol. The highest BCUT2D eigenvalue weighted by Gasteiger charge is 2.42. The summed E-state index contributed by atoms with van der Waals surface area (Å²) in [4.78, 5) is 12.0. The molecule has 0 bridgehead atoms. The summed E-state index contributed by atoms with van der Waals surface area (Å²) in [5, 5.41) is 1.95. The van der Waals surface area contributed by atoms with E-state index in [1.807, 2.05) is 5.32 Å². The van der Waals surface area contributed by atoms with Crippen LogP contribution in [0.1, 0.15) is 27.5 Å². The normalized spacial score (nSPS) is 12.8. The van der Waals surface area contributed by atoms with Crippen LogP contribution in [-0.4, -0.2) is 12.1 Å². The van der Waals surface area contributed by atoms with Crippen LogP contribution < -0.4 is 5.32 Å². The molecule has 1 N–H and O–H groups in total. The van der Waals surface area contributed by atoms with E-state index in [0.717, 1.165) is 29.8 Å². The highest BCUT2D eigenvalue weighted by atomic mass is 19.4. The molecular formula is C16H13F4NO. The van der Waals surface area contributed by atoms with Crippen molar-refractivity contribution in [3.05, 3.63) is 71.0 Å². The third kappa shape index (κ3) is 3.84. The zero-order valence-corrected chi connectivity index (χ0v) is 11.6. The maximum Gasteiger partial charge on any atom is 0.412 e. The van der Waals surface area contributed by atoms with Crippen LogP contribution in [0.5, 0.6) is 0 Å². The van der Waals surface area contributed by atoms with Crippen LogP contribution in [0.4, 0.5) is 17.6 Å². The third-order valence-electron chi connectivity index (χ3n) is 3.09. The van der Waals surface area contributed by atoms with E-state index < -0.39 is 23.9 Å². The van der Waals surface area contributed by atoms with E-state index in [0.29, 0.717) is 0 Å². The van der Waals surface area contributed by atoms with Gasteiger partial charge in [-0.3, -0.25) is 4.79 Å². The molecule has 2 aromatic rings. The van der Waals surface area contributed by atoms with E-state index in [1.165, 1.54) is 12.1 Å². The van der Waals surface area contributed by atoms with Crippen molar-refractivity contribution in [2.75, 3.05) is 0 Å². The fraction of sp³-hybridized carbons (Fsp3) is 0.188. The summed E-state index contributed by atoms with van der Waals surface area (Å²) in [7, 11) is 0. The third-order valence-corrected chi connectivity index (χ3v) is 3.09. The fourth-order valence-corrected chi connectivity index (χ4v) is 2.01. The first-order valence-electron chi connectivity index (χ1n) is 6.47. The van der Waals surface area contributed by atoms with Gasteiger partial charge in [-0.15, -0.1) is 0 Å². The van der Waals surface area contributed by atoms with Gasteiger partial charge >= 0.3 is 6.18 Å². The molecule has 1 amide bonds. The van der Waals surface area contributed by atoms with Gasteiger partial charge < -0.3 is 5.32 Å². The average molecular weight is 311 g/mol. The number of hydrogen-bond donors (Lipinski definition) is 1. The van der Waals surface area contributed by atoms with Gasteiger partial charge in [0.1, 0.15) is 5.82 Å². The van der Waals surface area contributed by atoms with Gasteiger partial charge in [0.25, 0.3) is 5.91 Å². The van der Waals surface area contributed by atoms with Crippen molar-refractivity contribution < 1.29 is 22.4 Å². The number of alkyl halides is 3. The van der Waals surface area contributed by atoms with Crippen molar-refractivity contribution in [3.63, 3.8) is 0 Å². The molecule has 0 saturated heterocycles. The summed E-state index contributed by atoms with van der Waals surface area (Å²) in [5.74, 6) is -1.48. The number of aryl methyl sites for hydroxylation is 1. The number of benzene rings is 2. The smallest absolute Gasteiger partial charge is 0.337 e. The zero-order valence-electron chi connectivity index (χ0n) is 11.6. The molecule has 0 heterocycles. The molecular weight excluding hydrogens is 298 g/mol. The lowest BCUT2D eigenvalue weighted by molar-refractivity contribution is -0.155. The summed E-state index contributed by atoms with van der Waals surface area (Å²) in [6.45, 7) is 1.73. The van der Waals surface area contributed by atoms with E-state index >= 15 is 0 Å². The van der Waals surface area contributed by atoms with Crippen LogP contribution in [0.25, 0.3) is 0 Å². The quantitative estimate of drug-likeness (QED) is 0.847. The molecule has 1 atom stereocenters. The summed E-state index contributed by atoms with van der Waals surface area (Å²) < 4.78 is 52.3. The van der Waals surface area contributed by atoms with Crippen molar-refractivity contribution in [3.8, 4) is 0 Å². The molecule has 0 radical (unpaired) electrons. The number of amides is 1. The summed E-state index contributed by atoms with van der Waals surface area (Å²) in [5.41, 5.74) is 0.671. The van der Waals surface area contributed by atoms with Gasteiger partial charge in [0.15, 0.2) is 6.04 Å². The largest absolute Gasteiger partial charge is 0.412 e. The van der Waals surface area contributed by atoms with Crippen LogP contribution in [-0.2, 0) is 0 Å². The Kier molecular flexibility index (Phi) is 4.49. The molecule has 0 aliphatic carbocycles. The average Bonchev–Trinajstić information content (AvgIpc) is 2.44. The molecule has 22 heavy (non-hydrogen) atoms. The molecule has 2 aromatic carbocycles. The van der Waals surface area contributed by atoms with Crippen LogP contribution in [0.2, 0.25) is 0 Å². The van der Waals surface area contributed by atoms with Crippen LogP contribution in [0.15, 0.2) is 48.5 Å². The van der Waals surface area contributed by atoms with Gasteiger partial charge in [-0.25, -0.2) is 4.39 Å². The lowest BCUT2D eigenvalue weighted by Crippen LogP contribution is -2.38. The number of nitrogens with one attached hydrogen (secondary N) is 1. The Hall–Kier alpha value is -2.37. The Labute approximate surface area is 124 Å². The van der Waals surface area contributed by atoms with Crippen molar-refractivity contribution in [2.24, 2.45) is 0 Å². The molecule has 1 unspecified atom stereocenters. The first-order chi connectivity index (χ1) is 10.3. The second-order valence-corrected chi connectivity index (χ2v) is 4.87. The maximum atomic E-state index is 13.2. The summed E-state index contributed by atoms with van der Waals surface area (Å²) >= 11 is 0. The van der Waals surface area contributed by atoms with E-state index in [1.54, 1.807) is 19.1 Å². The van der Waals surface area contributed by atoms with E-state index in [2.05, 4.69) is 0 Å². The Balaban J connectivity index is 2.28. The van der Waals surface area contributed by atoms with E-state index in [9.17, 15) is 22.4 Å².